The summed E-state index contributed by atoms with van der Waals surface area (Å²) in [5.41, 5.74) is 5.96. The van der Waals surface area contributed by atoms with Crippen molar-refractivity contribution in [2.24, 2.45) is 5.73 Å². The summed E-state index contributed by atoms with van der Waals surface area (Å²) in [6.45, 7) is 0.101. The maximum Gasteiger partial charge on any atom is 0.322 e. The van der Waals surface area contributed by atoms with Gasteiger partial charge < -0.3 is 21.1 Å². The second-order valence-electron chi connectivity index (χ2n) is 5.42. The zero-order valence-corrected chi connectivity index (χ0v) is 11.9. The number of anilines is 1. The van der Waals surface area contributed by atoms with Crippen LogP contribution >= 0.6 is 0 Å². The molecular weight excluding hydrogens is 282 g/mol. The fourth-order valence-corrected chi connectivity index (χ4v) is 2.83. The zero-order chi connectivity index (χ0) is 15.7. The van der Waals surface area contributed by atoms with E-state index in [1.807, 2.05) is 36.4 Å². The summed E-state index contributed by atoms with van der Waals surface area (Å²) in [5, 5.41) is 14.4. The van der Waals surface area contributed by atoms with E-state index in [1.165, 1.54) is 4.90 Å². The zero-order valence-electron chi connectivity index (χ0n) is 11.9. The topological polar surface area (TPSA) is 95.7 Å². The number of primary amides is 1. The van der Waals surface area contributed by atoms with Crippen LogP contribution < -0.4 is 11.1 Å². The van der Waals surface area contributed by atoms with Gasteiger partial charge in [0.05, 0.1) is 11.8 Å². The normalized spacial score (nSPS) is 21.0. The number of β-amino-alcohol motifs (C(OH)–C–C–N with tert-alkyl or cyclic N) is 1. The van der Waals surface area contributed by atoms with Crippen molar-refractivity contribution in [1.82, 2.24) is 4.90 Å². The molecule has 3 rings (SSSR count). The van der Waals surface area contributed by atoms with Gasteiger partial charge in [-0.25, -0.2) is 4.79 Å². The van der Waals surface area contributed by atoms with Gasteiger partial charge in [0.15, 0.2) is 0 Å². The van der Waals surface area contributed by atoms with E-state index in [4.69, 9.17) is 5.73 Å². The average Bonchev–Trinajstić information content (AvgIpc) is 2.90. The largest absolute Gasteiger partial charge is 0.391 e. The highest BCUT2D eigenvalue weighted by Crippen LogP contribution is 2.25. The number of aliphatic hydroxyl groups is 1. The first-order valence-corrected chi connectivity index (χ1v) is 7.09. The summed E-state index contributed by atoms with van der Waals surface area (Å²) in [4.78, 5) is 25.1. The fourth-order valence-electron chi connectivity index (χ4n) is 2.83. The summed E-state index contributed by atoms with van der Waals surface area (Å²) in [7, 11) is 0. The van der Waals surface area contributed by atoms with Gasteiger partial charge in [0.2, 0.25) is 5.91 Å². The Hall–Kier alpha value is -2.60. The smallest absolute Gasteiger partial charge is 0.322 e. The van der Waals surface area contributed by atoms with E-state index < -0.39 is 24.1 Å². The molecule has 0 spiro atoms. The van der Waals surface area contributed by atoms with Crippen LogP contribution in [0.15, 0.2) is 42.5 Å². The van der Waals surface area contributed by atoms with E-state index >= 15 is 0 Å². The van der Waals surface area contributed by atoms with E-state index in [0.29, 0.717) is 5.69 Å². The van der Waals surface area contributed by atoms with Gasteiger partial charge in [-0.3, -0.25) is 4.79 Å². The molecule has 22 heavy (non-hydrogen) atoms. The van der Waals surface area contributed by atoms with Crippen LogP contribution in [0.5, 0.6) is 0 Å². The lowest BCUT2D eigenvalue weighted by molar-refractivity contribution is -0.121. The molecule has 2 aromatic carbocycles. The molecule has 0 aliphatic carbocycles. The Kier molecular flexibility index (Phi) is 3.68. The maximum atomic E-state index is 12.4. The van der Waals surface area contributed by atoms with Gasteiger partial charge in [-0.2, -0.15) is 0 Å². The van der Waals surface area contributed by atoms with Crippen molar-refractivity contribution in [2.45, 2.75) is 18.6 Å². The fraction of sp³-hybridized carbons (Fsp3) is 0.250. The van der Waals surface area contributed by atoms with Crippen molar-refractivity contribution in [1.29, 1.82) is 0 Å². The Morgan fingerprint density at radius 2 is 1.91 bits per heavy atom. The standard InChI is InChI=1S/C16H17N3O3/c17-15(21)14-8-11(20)9-19(14)16(22)18-13-7-3-5-10-4-1-2-6-12(10)13/h1-7,11,14,20H,8-9H2,(H2,17,21)(H,18,22). The molecule has 0 radical (unpaired) electrons. The molecule has 3 amide bonds. The Morgan fingerprint density at radius 1 is 1.18 bits per heavy atom. The summed E-state index contributed by atoms with van der Waals surface area (Å²) in [6.07, 6.45) is -0.547. The number of aliphatic hydroxyl groups excluding tert-OH is 1. The van der Waals surface area contributed by atoms with Crippen molar-refractivity contribution in [3.05, 3.63) is 42.5 Å². The van der Waals surface area contributed by atoms with Gasteiger partial charge in [-0.05, 0) is 11.5 Å². The first-order valence-electron chi connectivity index (χ1n) is 7.09. The lowest BCUT2D eigenvalue weighted by Crippen LogP contribution is -2.45. The van der Waals surface area contributed by atoms with Crippen molar-refractivity contribution in [3.63, 3.8) is 0 Å². The van der Waals surface area contributed by atoms with Gasteiger partial charge in [-0.15, -0.1) is 0 Å². The quantitative estimate of drug-likeness (QED) is 0.779. The summed E-state index contributed by atoms with van der Waals surface area (Å²) < 4.78 is 0. The monoisotopic (exact) mass is 299 g/mol. The molecule has 0 saturated carbocycles. The van der Waals surface area contributed by atoms with Gasteiger partial charge in [0.1, 0.15) is 6.04 Å². The third-order valence-corrected chi connectivity index (χ3v) is 3.90. The molecule has 6 nitrogen and oxygen atoms in total. The second kappa shape index (κ2) is 5.65. The number of urea groups is 1. The minimum absolute atomic E-state index is 0.101. The van der Waals surface area contributed by atoms with Crippen LogP contribution in [0.3, 0.4) is 0 Å². The molecule has 0 bridgehead atoms. The molecule has 1 heterocycles. The van der Waals surface area contributed by atoms with Crippen LogP contribution in [0, 0.1) is 0 Å². The molecule has 6 heteroatoms. The molecule has 1 aliphatic rings. The highest BCUT2D eigenvalue weighted by molar-refractivity contribution is 6.02. The van der Waals surface area contributed by atoms with E-state index in [1.54, 1.807) is 6.07 Å². The SMILES string of the molecule is NC(=O)C1CC(O)CN1C(=O)Nc1cccc2ccccc12. The number of amides is 3. The number of likely N-dealkylation sites (tertiary alicyclic amines) is 1. The van der Waals surface area contributed by atoms with Crippen LogP contribution in [-0.2, 0) is 4.79 Å². The molecule has 1 fully saturated rings. The Balaban J connectivity index is 1.85. The minimum Gasteiger partial charge on any atom is -0.391 e. The summed E-state index contributed by atoms with van der Waals surface area (Å²) >= 11 is 0. The Morgan fingerprint density at radius 3 is 2.68 bits per heavy atom. The molecule has 0 aromatic heterocycles. The van der Waals surface area contributed by atoms with Gasteiger partial charge in [-0.1, -0.05) is 36.4 Å². The average molecular weight is 299 g/mol. The number of nitrogens with one attached hydrogen (secondary N) is 1. The Bertz CT molecular complexity index is 726. The third-order valence-electron chi connectivity index (χ3n) is 3.90. The highest BCUT2D eigenvalue weighted by atomic mass is 16.3. The number of fused-ring (bicyclic) bond motifs is 1. The van der Waals surface area contributed by atoms with Crippen molar-refractivity contribution in [3.8, 4) is 0 Å². The lowest BCUT2D eigenvalue weighted by Gasteiger charge is -2.22. The second-order valence-corrected chi connectivity index (χ2v) is 5.42. The number of nitrogens with two attached hydrogens (primary N) is 1. The predicted molar refractivity (Wildman–Crippen MR) is 83.3 cm³/mol. The molecule has 2 atom stereocenters. The van der Waals surface area contributed by atoms with E-state index in [2.05, 4.69) is 5.32 Å². The van der Waals surface area contributed by atoms with Gasteiger partial charge in [0.25, 0.3) is 0 Å². The van der Waals surface area contributed by atoms with Gasteiger partial charge >= 0.3 is 6.03 Å². The predicted octanol–water partition coefficient (Wildman–Crippen LogP) is 1.29. The lowest BCUT2D eigenvalue weighted by atomic mass is 10.1. The van der Waals surface area contributed by atoms with Crippen molar-refractivity contribution < 1.29 is 14.7 Å². The minimum atomic E-state index is -0.773. The van der Waals surface area contributed by atoms with Crippen LogP contribution in [-0.4, -0.2) is 40.6 Å². The number of hydrogen-bond donors (Lipinski definition) is 3. The number of benzene rings is 2. The van der Waals surface area contributed by atoms with Crippen molar-refractivity contribution >= 4 is 28.4 Å². The number of nitrogens with zero attached hydrogens (tertiary/aromatic N) is 1. The van der Waals surface area contributed by atoms with Crippen LogP contribution in [0.1, 0.15) is 6.42 Å². The van der Waals surface area contributed by atoms with E-state index in [0.717, 1.165) is 10.8 Å². The number of carbonyl (C=O) groups excluding carboxylic acids is 2. The molecule has 1 saturated heterocycles. The molecule has 1 aliphatic heterocycles. The van der Waals surface area contributed by atoms with Crippen LogP contribution in [0.2, 0.25) is 0 Å². The van der Waals surface area contributed by atoms with E-state index in [9.17, 15) is 14.7 Å². The molecule has 4 N–H and O–H groups in total. The molecule has 2 aromatic rings. The van der Waals surface area contributed by atoms with Crippen LogP contribution in [0.4, 0.5) is 10.5 Å². The molecule has 114 valence electrons. The number of hydrogen-bond acceptors (Lipinski definition) is 3. The van der Waals surface area contributed by atoms with E-state index in [-0.39, 0.29) is 13.0 Å². The van der Waals surface area contributed by atoms with Crippen LogP contribution in [0.25, 0.3) is 10.8 Å². The summed E-state index contributed by atoms with van der Waals surface area (Å²) in [5.74, 6) is -0.607. The Labute approximate surface area is 127 Å². The first kappa shape index (κ1) is 14.3. The summed E-state index contributed by atoms with van der Waals surface area (Å²) in [6, 6.07) is 12.1. The highest BCUT2D eigenvalue weighted by Gasteiger charge is 2.37. The third kappa shape index (κ3) is 2.60. The van der Waals surface area contributed by atoms with Gasteiger partial charge in [0, 0.05) is 18.4 Å². The maximum absolute atomic E-state index is 12.4. The molecule has 2 unspecified atom stereocenters. The first-order chi connectivity index (χ1) is 10.6. The number of carbonyl (C=O) groups is 2. The van der Waals surface area contributed by atoms with Crippen molar-refractivity contribution in [2.75, 3.05) is 11.9 Å². The molecular formula is C16H17N3O3. The number of rotatable bonds is 2.